The first-order chi connectivity index (χ1) is 10.2. The highest BCUT2D eigenvalue weighted by molar-refractivity contribution is 6.42. The monoisotopic (exact) mass is 325 g/mol. The topological polar surface area (TPSA) is 39.1 Å². The Bertz CT molecular complexity index is 611. The lowest BCUT2D eigenvalue weighted by atomic mass is 10.2. The van der Waals surface area contributed by atoms with E-state index in [1.807, 2.05) is 35.0 Å². The van der Waals surface area contributed by atoms with Gasteiger partial charge in [0, 0.05) is 19.7 Å². The van der Waals surface area contributed by atoms with Gasteiger partial charge in [0.1, 0.15) is 5.82 Å². The van der Waals surface area contributed by atoms with Crippen LogP contribution in [0.5, 0.6) is 0 Å². The maximum Gasteiger partial charge on any atom is 0.124 e. The van der Waals surface area contributed by atoms with Crippen molar-refractivity contribution in [1.29, 1.82) is 0 Å². The zero-order valence-corrected chi connectivity index (χ0v) is 13.2. The first kappa shape index (κ1) is 15.9. The fraction of sp³-hybridized carbons (Fsp3) is 0.267. The Morgan fingerprint density at radius 1 is 1.24 bits per heavy atom. The number of anilines is 1. The fourth-order valence-corrected chi connectivity index (χ4v) is 2.13. The number of methoxy groups -OCH3 is 1. The fourth-order valence-electron chi connectivity index (χ4n) is 1.81. The summed E-state index contributed by atoms with van der Waals surface area (Å²) in [7, 11) is 1.67. The van der Waals surface area contributed by atoms with E-state index in [2.05, 4.69) is 10.4 Å². The Balaban J connectivity index is 1.94. The molecule has 0 saturated heterocycles. The van der Waals surface area contributed by atoms with E-state index >= 15 is 0 Å². The van der Waals surface area contributed by atoms with E-state index in [1.54, 1.807) is 19.4 Å². The van der Waals surface area contributed by atoms with Gasteiger partial charge in [-0.1, -0.05) is 41.4 Å². The maximum absolute atomic E-state index is 6.01. The molecule has 21 heavy (non-hydrogen) atoms. The number of nitrogens with zero attached hydrogens (tertiary/aromatic N) is 2. The molecule has 0 amide bonds. The summed E-state index contributed by atoms with van der Waals surface area (Å²) in [5.41, 5.74) is 1.06. The van der Waals surface area contributed by atoms with Gasteiger partial charge in [-0.15, -0.1) is 0 Å². The van der Waals surface area contributed by atoms with Crippen molar-refractivity contribution < 1.29 is 4.74 Å². The molecule has 0 aliphatic carbocycles. The molecule has 0 atom stereocenters. The first-order valence-electron chi connectivity index (χ1n) is 6.54. The molecular weight excluding hydrogens is 309 g/mol. The highest BCUT2D eigenvalue weighted by Crippen LogP contribution is 2.23. The van der Waals surface area contributed by atoms with Crippen LogP contribution in [0.25, 0.3) is 0 Å². The molecule has 1 aromatic carbocycles. The normalized spacial score (nSPS) is 11.2. The molecule has 0 aliphatic rings. The average Bonchev–Trinajstić information content (AvgIpc) is 2.92. The minimum absolute atomic E-state index is 0.562. The number of hydrogen-bond acceptors (Lipinski definition) is 3. The molecule has 4 nitrogen and oxygen atoms in total. The van der Waals surface area contributed by atoms with Crippen molar-refractivity contribution in [1.82, 2.24) is 9.78 Å². The molecule has 1 heterocycles. The van der Waals surface area contributed by atoms with E-state index in [9.17, 15) is 0 Å². The summed E-state index contributed by atoms with van der Waals surface area (Å²) in [6.07, 6.45) is 5.74. The van der Waals surface area contributed by atoms with Crippen molar-refractivity contribution >= 4 is 29.0 Å². The Hall–Kier alpha value is -1.49. The van der Waals surface area contributed by atoms with Crippen LogP contribution < -0.4 is 5.32 Å². The van der Waals surface area contributed by atoms with Gasteiger partial charge in [0.2, 0.25) is 0 Å². The van der Waals surface area contributed by atoms with Crippen molar-refractivity contribution in [2.75, 3.05) is 19.0 Å². The summed E-state index contributed by atoms with van der Waals surface area (Å²) >= 11 is 11.9. The largest absolute Gasteiger partial charge is 0.381 e. The number of hydrogen-bond donors (Lipinski definition) is 1. The number of aromatic nitrogens is 2. The zero-order valence-electron chi connectivity index (χ0n) is 11.7. The van der Waals surface area contributed by atoms with E-state index in [0.29, 0.717) is 29.7 Å². The SMILES string of the molecule is COC/C=C/Cn1nccc1NCc1ccc(Cl)c(Cl)c1. The number of halogens is 2. The van der Waals surface area contributed by atoms with E-state index < -0.39 is 0 Å². The maximum atomic E-state index is 6.01. The molecule has 0 spiro atoms. The van der Waals surface area contributed by atoms with Crippen LogP contribution in [-0.4, -0.2) is 23.5 Å². The van der Waals surface area contributed by atoms with Gasteiger partial charge < -0.3 is 10.1 Å². The molecular formula is C15H17Cl2N3O. The van der Waals surface area contributed by atoms with Crippen LogP contribution in [0.3, 0.4) is 0 Å². The number of allylic oxidation sites excluding steroid dienone is 1. The predicted molar refractivity (Wildman–Crippen MR) is 87.0 cm³/mol. The van der Waals surface area contributed by atoms with Gasteiger partial charge in [0.05, 0.1) is 29.4 Å². The van der Waals surface area contributed by atoms with Gasteiger partial charge >= 0.3 is 0 Å². The summed E-state index contributed by atoms with van der Waals surface area (Å²) in [4.78, 5) is 0. The summed E-state index contributed by atoms with van der Waals surface area (Å²) < 4.78 is 6.84. The standard InChI is InChI=1S/C15H17Cl2N3O/c1-21-9-3-2-8-20-15(6-7-19-20)18-11-12-4-5-13(16)14(17)10-12/h2-7,10,18H,8-9,11H2,1H3/b3-2+. The molecule has 112 valence electrons. The second-order valence-corrected chi connectivity index (χ2v) is 5.24. The molecule has 2 rings (SSSR count). The van der Waals surface area contributed by atoms with Crippen LogP contribution in [0, 0.1) is 0 Å². The lowest BCUT2D eigenvalue weighted by Gasteiger charge is -2.09. The minimum Gasteiger partial charge on any atom is -0.381 e. The molecule has 0 fully saturated rings. The van der Waals surface area contributed by atoms with Gasteiger partial charge in [0.15, 0.2) is 0 Å². The van der Waals surface area contributed by atoms with E-state index in [-0.39, 0.29) is 0 Å². The van der Waals surface area contributed by atoms with Crippen molar-refractivity contribution in [3.05, 3.63) is 58.2 Å². The van der Waals surface area contributed by atoms with Gasteiger partial charge in [-0.05, 0) is 17.7 Å². The summed E-state index contributed by atoms with van der Waals surface area (Å²) in [6.45, 7) is 1.96. The number of nitrogens with one attached hydrogen (secondary N) is 1. The van der Waals surface area contributed by atoms with Crippen molar-refractivity contribution in [2.45, 2.75) is 13.1 Å². The van der Waals surface area contributed by atoms with Crippen LogP contribution in [-0.2, 0) is 17.8 Å². The summed E-state index contributed by atoms with van der Waals surface area (Å²) in [5.74, 6) is 0.947. The van der Waals surface area contributed by atoms with Crippen molar-refractivity contribution in [3.63, 3.8) is 0 Å². The number of rotatable bonds is 7. The molecule has 0 bridgehead atoms. The summed E-state index contributed by atoms with van der Waals surface area (Å²) in [6, 6.07) is 7.53. The zero-order chi connectivity index (χ0) is 15.1. The summed E-state index contributed by atoms with van der Waals surface area (Å²) in [5, 5.41) is 8.73. The third kappa shape index (κ3) is 4.77. The van der Waals surface area contributed by atoms with Gasteiger partial charge in [-0.25, -0.2) is 4.68 Å². The molecule has 0 saturated carbocycles. The van der Waals surface area contributed by atoms with Gasteiger partial charge in [-0.2, -0.15) is 5.10 Å². The highest BCUT2D eigenvalue weighted by atomic mass is 35.5. The number of ether oxygens (including phenoxy) is 1. The van der Waals surface area contributed by atoms with Crippen LogP contribution in [0.1, 0.15) is 5.56 Å². The molecule has 0 radical (unpaired) electrons. The van der Waals surface area contributed by atoms with Crippen LogP contribution in [0.4, 0.5) is 5.82 Å². The number of benzene rings is 1. The van der Waals surface area contributed by atoms with E-state index in [0.717, 1.165) is 11.4 Å². The highest BCUT2D eigenvalue weighted by Gasteiger charge is 2.02. The van der Waals surface area contributed by atoms with E-state index in [1.165, 1.54) is 0 Å². The molecule has 1 N–H and O–H groups in total. The van der Waals surface area contributed by atoms with Gasteiger partial charge in [-0.3, -0.25) is 0 Å². The van der Waals surface area contributed by atoms with Crippen LogP contribution in [0.15, 0.2) is 42.6 Å². The predicted octanol–water partition coefficient (Wildman–Crippen LogP) is 4.00. The minimum atomic E-state index is 0.562. The lowest BCUT2D eigenvalue weighted by Crippen LogP contribution is -2.07. The Labute approximate surface area is 134 Å². The van der Waals surface area contributed by atoms with Crippen molar-refractivity contribution in [2.24, 2.45) is 0 Å². The Kier molecular flexibility index (Phi) is 6.11. The van der Waals surface area contributed by atoms with Crippen molar-refractivity contribution in [3.8, 4) is 0 Å². The van der Waals surface area contributed by atoms with Gasteiger partial charge in [0.25, 0.3) is 0 Å². The first-order valence-corrected chi connectivity index (χ1v) is 7.30. The average molecular weight is 326 g/mol. The lowest BCUT2D eigenvalue weighted by molar-refractivity contribution is 0.233. The second-order valence-electron chi connectivity index (χ2n) is 4.43. The molecule has 6 heteroatoms. The van der Waals surface area contributed by atoms with Crippen LogP contribution >= 0.6 is 23.2 Å². The third-order valence-corrected chi connectivity index (χ3v) is 3.62. The van der Waals surface area contributed by atoms with Crippen LogP contribution in [0.2, 0.25) is 10.0 Å². The third-order valence-electron chi connectivity index (χ3n) is 2.88. The quantitative estimate of drug-likeness (QED) is 0.782. The molecule has 0 unspecified atom stereocenters. The second kappa shape index (κ2) is 8.08. The van der Waals surface area contributed by atoms with E-state index in [4.69, 9.17) is 27.9 Å². The Morgan fingerprint density at radius 2 is 2.10 bits per heavy atom. The molecule has 0 aliphatic heterocycles. The smallest absolute Gasteiger partial charge is 0.124 e. The molecule has 1 aromatic heterocycles. The molecule has 2 aromatic rings. The Morgan fingerprint density at radius 3 is 2.86 bits per heavy atom.